The second-order valence-corrected chi connectivity index (χ2v) is 12.0. The monoisotopic (exact) mass is 534 g/mol. The second kappa shape index (κ2) is 8.55. The first-order chi connectivity index (χ1) is 17.6. The zero-order valence-electron chi connectivity index (χ0n) is 19.9. The molecule has 3 aromatic carbocycles. The van der Waals surface area contributed by atoms with Gasteiger partial charge < -0.3 is 9.67 Å². The van der Waals surface area contributed by atoms with E-state index < -0.39 is 21.4 Å². The highest BCUT2D eigenvalue weighted by Crippen LogP contribution is 2.42. The Bertz CT molecular complexity index is 1770. The Hall–Kier alpha value is -3.46. The maximum Gasteiger partial charge on any atom is 0.341 e. The van der Waals surface area contributed by atoms with E-state index in [4.69, 9.17) is 11.6 Å². The summed E-state index contributed by atoms with van der Waals surface area (Å²) in [6, 6.07) is 16.1. The Balaban J connectivity index is 1.40. The molecule has 188 valence electrons. The molecule has 1 aliphatic carbocycles. The van der Waals surface area contributed by atoms with Gasteiger partial charge in [-0.3, -0.25) is 4.79 Å². The Kier molecular flexibility index (Phi) is 5.52. The first-order valence-electron chi connectivity index (χ1n) is 11.9. The van der Waals surface area contributed by atoms with Crippen LogP contribution >= 0.6 is 11.6 Å². The third-order valence-electron chi connectivity index (χ3n) is 7.17. The van der Waals surface area contributed by atoms with E-state index in [1.54, 1.807) is 36.4 Å². The number of hydrogen-bond acceptors (Lipinski definition) is 4. The maximum atomic E-state index is 13.2. The van der Waals surface area contributed by atoms with Crippen LogP contribution in [0.25, 0.3) is 22.0 Å². The number of nitrogens with zero attached hydrogens (tertiary/aromatic N) is 2. The van der Waals surface area contributed by atoms with Crippen LogP contribution in [0.15, 0.2) is 70.5 Å². The first kappa shape index (κ1) is 23.9. The minimum absolute atomic E-state index is 0.106. The SMILES string of the molecule is Cc1ccc(S(=O)(=O)N2Cc3ccc(-c4ccc5c(=O)c(C(=O)O)cn(C6CC6)c5c4Cl)cc3C2)cc1. The van der Waals surface area contributed by atoms with Gasteiger partial charge in [-0.25, -0.2) is 13.2 Å². The molecule has 7 nitrogen and oxygen atoms in total. The fraction of sp³-hybridized carbons (Fsp3) is 0.214. The average molecular weight is 535 g/mol. The van der Waals surface area contributed by atoms with Crippen molar-refractivity contribution < 1.29 is 18.3 Å². The van der Waals surface area contributed by atoms with Crippen LogP contribution in [0.1, 0.15) is 45.9 Å². The van der Waals surface area contributed by atoms with Gasteiger partial charge in [-0.2, -0.15) is 4.31 Å². The van der Waals surface area contributed by atoms with E-state index in [0.717, 1.165) is 35.1 Å². The molecular weight excluding hydrogens is 512 g/mol. The molecule has 0 atom stereocenters. The van der Waals surface area contributed by atoms with Gasteiger partial charge in [0.1, 0.15) is 5.56 Å². The lowest BCUT2D eigenvalue weighted by atomic mass is 9.98. The van der Waals surface area contributed by atoms with Crippen LogP contribution in [0.5, 0.6) is 0 Å². The zero-order chi connectivity index (χ0) is 26.1. The van der Waals surface area contributed by atoms with Crippen molar-refractivity contribution in [3.8, 4) is 11.1 Å². The largest absolute Gasteiger partial charge is 0.477 e. The molecule has 9 heteroatoms. The van der Waals surface area contributed by atoms with Crippen LogP contribution < -0.4 is 5.43 Å². The van der Waals surface area contributed by atoms with Crippen molar-refractivity contribution in [2.45, 2.75) is 43.8 Å². The molecule has 0 radical (unpaired) electrons. The van der Waals surface area contributed by atoms with Gasteiger partial charge in [-0.1, -0.05) is 47.5 Å². The highest BCUT2D eigenvalue weighted by Gasteiger charge is 2.32. The predicted octanol–water partition coefficient (Wildman–Crippen LogP) is 5.37. The van der Waals surface area contributed by atoms with Crippen molar-refractivity contribution in [2.75, 3.05) is 0 Å². The standard InChI is InChI=1S/C28H23ClN2O5S/c1-16-2-8-21(9-3-16)37(35,36)30-13-18-5-4-17(12-19(18)14-30)22-10-11-23-26(25(22)29)31(20-6-7-20)15-24(27(23)32)28(33)34/h2-5,8-12,15,20H,6-7,13-14H2,1H3,(H,33,34). The Morgan fingerprint density at radius 3 is 2.38 bits per heavy atom. The van der Waals surface area contributed by atoms with Crippen LogP contribution in [0.3, 0.4) is 0 Å². The fourth-order valence-corrected chi connectivity index (χ4v) is 6.75. The molecule has 1 saturated carbocycles. The van der Waals surface area contributed by atoms with Gasteiger partial charge in [-0.05, 0) is 60.7 Å². The normalized spacial score (nSPS) is 15.7. The lowest BCUT2D eigenvalue weighted by Crippen LogP contribution is -2.25. The number of aromatic nitrogens is 1. The maximum absolute atomic E-state index is 13.2. The molecule has 2 aliphatic rings. The van der Waals surface area contributed by atoms with E-state index in [2.05, 4.69) is 0 Å². The number of hydrogen-bond donors (Lipinski definition) is 1. The second-order valence-electron chi connectivity index (χ2n) is 9.71. The highest BCUT2D eigenvalue weighted by atomic mass is 35.5. The van der Waals surface area contributed by atoms with E-state index in [9.17, 15) is 23.1 Å². The van der Waals surface area contributed by atoms with Crippen molar-refractivity contribution in [2.24, 2.45) is 0 Å². The van der Waals surface area contributed by atoms with E-state index in [0.29, 0.717) is 16.1 Å². The molecule has 0 amide bonds. The summed E-state index contributed by atoms with van der Waals surface area (Å²) >= 11 is 6.89. The summed E-state index contributed by atoms with van der Waals surface area (Å²) in [4.78, 5) is 24.8. The summed E-state index contributed by atoms with van der Waals surface area (Å²) in [6.07, 6.45) is 3.18. The number of aromatic carboxylic acids is 1. The molecule has 1 N–H and O–H groups in total. The number of fused-ring (bicyclic) bond motifs is 2. The number of carboxylic acids is 1. The van der Waals surface area contributed by atoms with Crippen LogP contribution in [-0.2, 0) is 23.1 Å². The predicted molar refractivity (Wildman–Crippen MR) is 141 cm³/mol. The Morgan fingerprint density at radius 1 is 1.00 bits per heavy atom. The third-order valence-corrected chi connectivity index (χ3v) is 9.36. The van der Waals surface area contributed by atoms with Gasteiger partial charge in [0.25, 0.3) is 0 Å². The number of aryl methyl sites for hydroxylation is 1. The summed E-state index contributed by atoms with van der Waals surface area (Å²) in [5.41, 5.74) is 4.02. The first-order valence-corrected chi connectivity index (χ1v) is 13.8. The van der Waals surface area contributed by atoms with Crippen molar-refractivity contribution in [3.05, 3.63) is 98.3 Å². The Labute approximate surface area is 218 Å². The van der Waals surface area contributed by atoms with Crippen LogP contribution in [0.4, 0.5) is 0 Å². The summed E-state index contributed by atoms with van der Waals surface area (Å²) in [6.45, 7) is 2.45. The minimum atomic E-state index is -3.64. The molecule has 1 aromatic heterocycles. The number of carbonyl (C=O) groups is 1. The number of benzene rings is 3. The van der Waals surface area contributed by atoms with Gasteiger partial charge in [0, 0.05) is 36.3 Å². The van der Waals surface area contributed by atoms with E-state index >= 15 is 0 Å². The smallest absolute Gasteiger partial charge is 0.341 e. The minimum Gasteiger partial charge on any atom is -0.477 e. The molecule has 6 rings (SSSR count). The third kappa shape index (κ3) is 3.96. The molecule has 0 bridgehead atoms. The van der Waals surface area contributed by atoms with Gasteiger partial charge >= 0.3 is 5.97 Å². The van der Waals surface area contributed by atoms with E-state index in [1.807, 2.05) is 29.7 Å². The van der Waals surface area contributed by atoms with Gasteiger partial charge in [0.15, 0.2) is 0 Å². The van der Waals surface area contributed by atoms with Crippen molar-refractivity contribution >= 4 is 38.5 Å². The quantitative estimate of drug-likeness (QED) is 0.371. The van der Waals surface area contributed by atoms with Gasteiger partial charge in [-0.15, -0.1) is 0 Å². The number of carboxylic acid groups (broad SMARTS) is 1. The average Bonchev–Trinajstić information content (AvgIpc) is 3.62. The topological polar surface area (TPSA) is 96.7 Å². The molecule has 37 heavy (non-hydrogen) atoms. The number of sulfonamides is 1. The molecular formula is C28H23ClN2O5S. The molecule has 1 aliphatic heterocycles. The van der Waals surface area contributed by atoms with Crippen molar-refractivity contribution in [1.29, 1.82) is 0 Å². The molecule has 1 fully saturated rings. The van der Waals surface area contributed by atoms with Crippen molar-refractivity contribution in [3.63, 3.8) is 0 Å². The number of pyridine rings is 1. The molecule has 0 unspecified atom stereocenters. The zero-order valence-corrected chi connectivity index (χ0v) is 21.5. The van der Waals surface area contributed by atoms with E-state index in [-0.39, 0.29) is 35.0 Å². The van der Waals surface area contributed by atoms with Crippen LogP contribution in [0, 0.1) is 6.92 Å². The molecule has 0 spiro atoms. The lowest BCUT2D eigenvalue weighted by Gasteiger charge is -2.16. The summed E-state index contributed by atoms with van der Waals surface area (Å²) in [7, 11) is -3.64. The van der Waals surface area contributed by atoms with Crippen LogP contribution in [0.2, 0.25) is 5.02 Å². The molecule has 2 heterocycles. The lowest BCUT2D eigenvalue weighted by molar-refractivity contribution is 0.0695. The molecule has 0 saturated heterocycles. The van der Waals surface area contributed by atoms with E-state index in [1.165, 1.54) is 10.5 Å². The Morgan fingerprint density at radius 2 is 1.70 bits per heavy atom. The summed E-state index contributed by atoms with van der Waals surface area (Å²) in [5.74, 6) is -1.26. The number of rotatable bonds is 5. The number of halogens is 1. The molecule has 4 aromatic rings. The van der Waals surface area contributed by atoms with Crippen LogP contribution in [-0.4, -0.2) is 28.4 Å². The fourth-order valence-electron chi connectivity index (χ4n) is 4.98. The summed E-state index contributed by atoms with van der Waals surface area (Å²) < 4.78 is 29.7. The van der Waals surface area contributed by atoms with Gasteiger partial charge in [0.05, 0.1) is 15.4 Å². The highest BCUT2D eigenvalue weighted by molar-refractivity contribution is 7.89. The summed E-state index contributed by atoms with van der Waals surface area (Å²) in [5, 5.41) is 10.2. The van der Waals surface area contributed by atoms with Gasteiger partial charge in [0.2, 0.25) is 15.5 Å². The van der Waals surface area contributed by atoms with Crippen molar-refractivity contribution in [1.82, 2.24) is 8.87 Å².